The zero-order valence-electron chi connectivity index (χ0n) is 15.6. The van der Waals surface area contributed by atoms with Crippen LogP contribution in [0.1, 0.15) is 31.4 Å². The van der Waals surface area contributed by atoms with Crippen LogP contribution in [0.3, 0.4) is 0 Å². The molecule has 3 nitrogen and oxygen atoms in total. The van der Waals surface area contributed by atoms with Gasteiger partial charge in [-0.1, -0.05) is 72.8 Å². The number of hydrogen-bond donors (Lipinski definition) is 0. The summed E-state index contributed by atoms with van der Waals surface area (Å²) in [5, 5.41) is 0. The van der Waals surface area contributed by atoms with Gasteiger partial charge in [0.1, 0.15) is 0 Å². The minimum Gasteiger partial charge on any atom is -0.300 e. The van der Waals surface area contributed by atoms with Crippen LogP contribution in [0, 0.1) is 0 Å². The largest absolute Gasteiger partial charge is 0.300 e. The van der Waals surface area contributed by atoms with E-state index in [1.54, 1.807) is 6.92 Å². The second-order valence-corrected chi connectivity index (χ2v) is 7.08. The van der Waals surface area contributed by atoms with Crippen LogP contribution >= 0.6 is 0 Å². The van der Waals surface area contributed by atoms with Crippen molar-refractivity contribution in [2.24, 2.45) is 4.99 Å². The van der Waals surface area contributed by atoms with E-state index < -0.39 is 5.54 Å². The minimum absolute atomic E-state index is 0.0123. The molecule has 1 atom stereocenters. The number of anilines is 1. The summed E-state index contributed by atoms with van der Waals surface area (Å²) in [6, 6.07) is 28.3. The fraction of sp³-hybridized carbons (Fsp3) is 0.167. The molecule has 3 heteroatoms. The van der Waals surface area contributed by atoms with Gasteiger partial charge in [-0.25, -0.2) is 0 Å². The normalized spacial score (nSPS) is 19.0. The molecular formula is C24H22N2O. The van der Waals surface area contributed by atoms with Gasteiger partial charge in [0.25, 0.3) is 0 Å². The molecule has 1 heterocycles. The van der Waals surface area contributed by atoms with Gasteiger partial charge >= 0.3 is 0 Å². The molecule has 0 radical (unpaired) electrons. The first-order valence-electron chi connectivity index (χ1n) is 9.18. The summed E-state index contributed by atoms with van der Waals surface area (Å²) in [5.41, 5.74) is 4.31. The van der Waals surface area contributed by atoms with Gasteiger partial charge < -0.3 is 4.90 Å². The van der Waals surface area contributed by atoms with E-state index in [0.717, 1.165) is 28.2 Å². The Labute approximate surface area is 160 Å². The second-order valence-electron chi connectivity index (χ2n) is 7.08. The van der Waals surface area contributed by atoms with Gasteiger partial charge in [0.15, 0.2) is 0 Å². The van der Waals surface area contributed by atoms with Crippen LogP contribution < -0.4 is 4.90 Å². The fourth-order valence-corrected chi connectivity index (χ4v) is 3.95. The van der Waals surface area contributed by atoms with E-state index in [0.29, 0.717) is 6.42 Å². The number of fused-ring (bicyclic) bond motifs is 1. The zero-order valence-corrected chi connectivity index (χ0v) is 15.6. The van der Waals surface area contributed by atoms with Crippen LogP contribution in [-0.2, 0) is 10.3 Å². The van der Waals surface area contributed by atoms with Crippen molar-refractivity contribution in [1.82, 2.24) is 0 Å². The number of hydrogen-bond acceptors (Lipinski definition) is 2. The molecule has 1 amide bonds. The van der Waals surface area contributed by atoms with E-state index in [4.69, 9.17) is 4.99 Å². The molecule has 0 fully saturated rings. The van der Waals surface area contributed by atoms with Crippen LogP contribution in [0.5, 0.6) is 0 Å². The lowest BCUT2D eigenvalue weighted by Crippen LogP contribution is -2.47. The molecule has 27 heavy (non-hydrogen) atoms. The Bertz CT molecular complexity index is 995. The highest BCUT2D eigenvalue weighted by Gasteiger charge is 2.40. The Hall–Kier alpha value is -3.20. The third-order valence-corrected chi connectivity index (χ3v) is 5.20. The summed E-state index contributed by atoms with van der Waals surface area (Å²) in [7, 11) is 0. The number of carbonyl (C=O) groups is 1. The maximum Gasteiger partial charge on any atom is 0.224 e. The standard InChI is InChI=1S/C24H22N2O/c1-18(27)26-23-16-10-9-15-21(23)25-22(19-11-5-3-6-12-19)17-24(26,2)20-13-7-4-8-14-20/h3-16H,17H2,1-2H3. The number of carbonyl (C=O) groups excluding carboxylic acids is 1. The van der Waals surface area contributed by atoms with Crippen molar-refractivity contribution in [1.29, 1.82) is 0 Å². The molecule has 3 aromatic carbocycles. The van der Waals surface area contributed by atoms with Crippen molar-refractivity contribution in [3.05, 3.63) is 96.1 Å². The van der Waals surface area contributed by atoms with E-state index >= 15 is 0 Å². The van der Waals surface area contributed by atoms with Gasteiger partial charge in [-0.3, -0.25) is 9.79 Å². The van der Waals surface area contributed by atoms with Crippen molar-refractivity contribution in [3.8, 4) is 0 Å². The molecule has 4 rings (SSSR count). The lowest BCUT2D eigenvalue weighted by atomic mass is 9.83. The molecule has 1 aliphatic heterocycles. The highest BCUT2D eigenvalue weighted by molar-refractivity contribution is 6.07. The number of aliphatic imine (C=N–C) groups is 1. The zero-order chi connectivity index (χ0) is 18.9. The van der Waals surface area contributed by atoms with E-state index in [1.807, 2.05) is 65.6 Å². The summed E-state index contributed by atoms with van der Waals surface area (Å²) in [5.74, 6) is 0.0123. The number of rotatable bonds is 2. The SMILES string of the molecule is CC(=O)N1c2ccccc2N=C(c2ccccc2)CC1(C)c1ccccc1. The maximum absolute atomic E-state index is 12.8. The highest BCUT2D eigenvalue weighted by Crippen LogP contribution is 2.44. The van der Waals surface area contributed by atoms with Crippen molar-refractivity contribution in [2.45, 2.75) is 25.8 Å². The third-order valence-electron chi connectivity index (χ3n) is 5.20. The Morgan fingerprint density at radius 3 is 2.15 bits per heavy atom. The first-order valence-corrected chi connectivity index (χ1v) is 9.18. The van der Waals surface area contributed by atoms with Gasteiger partial charge in [-0.15, -0.1) is 0 Å². The predicted octanol–water partition coefficient (Wildman–Crippen LogP) is 5.48. The molecule has 0 saturated heterocycles. The van der Waals surface area contributed by atoms with Gasteiger partial charge in [-0.2, -0.15) is 0 Å². The minimum atomic E-state index is -0.533. The average molecular weight is 354 g/mol. The first-order chi connectivity index (χ1) is 13.1. The maximum atomic E-state index is 12.8. The Kier molecular flexibility index (Phi) is 4.36. The van der Waals surface area contributed by atoms with Crippen molar-refractivity contribution < 1.29 is 4.79 Å². The Morgan fingerprint density at radius 1 is 0.889 bits per heavy atom. The fourth-order valence-electron chi connectivity index (χ4n) is 3.95. The molecule has 0 bridgehead atoms. The highest BCUT2D eigenvalue weighted by atomic mass is 16.2. The molecule has 0 N–H and O–H groups in total. The third kappa shape index (κ3) is 3.06. The smallest absolute Gasteiger partial charge is 0.224 e. The second kappa shape index (κ2) is 6.84. The van der Waals surface area contributed by atoms with Crippen LogP contribution in [0.4, 0.5) is 11.4 Å². The van der Waals surface area contributed by atoms with Crippen molar-refractivity contribution in [2.75, 3.05) is 4.90 Å². The van der Waals surface area contributed by atoms with Crippen LogP contribution in [0.2, 0.25) is 0 Å². The van der Waals surface area contributed by atoms with E-state index in [2.05, 4.69) is 31.2 Å². The monoisotopic (exact) mass is 354 g/mol. The number of benzene rings is 3. The summed E-state index contributed by atoms with van der Waals surface area (Å²) in [6.45, 7) is 3.76. The lowest BCUT2D eigenvalue weighted by molar-refractivity contribution is -0.117. The quantitative estimate of drug-likeness (QED) is 0.600. The topological polar surface area (TPSA) is 32.7 Å². The molecule has 1 aliphatic rings. The van der Waals surface area contributed by atoms with E-state index in [1.165, 1.54) is 0 Å². The van der Waals surface area contributed by atoms with Gasteiger partial charge in [0, 0.05) is 13.3 Å². The molecule has 1 unspecified atom stereocenters. The Morgan fingerprint density at radius 2 is 1.48 bits per heavy atom. The van der Waals surface area contributed by atoms with Crippen LogP contribution in [0.15, 0.2) is 89.9 Å². The van der Waals surface area contributed by atoms with Gasteiger partial charge in [0.05, 0.1) is 22.6 Å². The summed E-state index contributed by atoms with van der Waals surface area (Å²) in [4.78, 5) is 19.7. The summed E-state index contributed by atoms with van der Waals surface area (Å²) in [6.07, 6.45) is 0.634. The van der Waals surface area contributed by atoms with E-state index in [-0.39, 0.29) is 5.91 Å². The number of amides is 1. The molecule has 3 aromatic rings. The molecule has 0 aromatic heterocycles. The van der Waals surface area contributed by atoms with Gasteiger partial charge in [-0.05, 0) is 30.2 Å². The van der Waals surface area contributed by atoms with Crippen LogP contribution in [-0.4, -0.2) is 11.6 Å². The molecular weight excluding hydrogens is 332 g/mol. The molecule has 134 valence electrons. The molecule has 0 aliphatic carbocycles. The molecule has 0 saturated carbocycles. The summed E-state index contributed by atoms with van der Waals surface area (Å²) < 4.78 is 0. The average Bonchev–Trinajstić information content (AvgIpc) is 2.83. The van der Waals surface area contributed by atoms with Crippen molar-refractivity contribution >= 4 is 23.0 Å². The Balaban J connectivity index is 1.98. The van der Waals surface area contributed by atoms with E-state index in [9.17, 15) is 4.79 Å². The first kappa shape index (κ1) is 17.2. The predicted molar refractivity (Wildman–Crippen MR) is 111 cm³/mol. The van der Waals surface area contributed by atoms with Gasteiger partial charge in [0.2, 0.25) is 5.91 Å². The summed E-state index contributed by atoms with van der Waals surface area (Å²) >= 11 is 0. The lowest BCUT2D eigenvalue weighted by Gasteiger charge is -2.41. The van der Waals surface area contributed by atoms with Crippen LogP contribution in [0.25, 0.3) is 0 Å². The molecule has 0 spiro atoms. The van der Waals surface area contributed by atoms with Crippen molar-refractivity contribution in [3.63, 3.8) is 0 Å². The number of para-hydroxylation sites is 2. The number of nitrogens with zero attached hydrogens (tertiary/aromatic N) is 2.